The largest absolute Gasteiger partial charge is 0.361 e. The van der Waals surface area contributed by atoms with Gasteiger partial charge < -0.3 is 4.90 Å². The summed E-state index contributed by atoms with van der Waals surface area (Å²) in [5.41, 5.74) is 0. The van der Waals surface area contributed by atoms with Crippen molar-refractivity contribution >= 4 is 5.84 Å². The number of hydrogen-bond acceptors (Lipinski definition) is 1. The molecule has 0 amide bonds. The van der Waals surface area contributed by atoms with Crippen molar-refractivity contribution in [2.24, 2.45) is 0 Å². The maximum Gasteiger partial charge on any atom is 0.0957 e. The second-order valence-electron chi connectivity index (χ2n) is 3.24. The van der Waals surface area contributed by atoms with E-state index < -0.39 is 0 Å². The molecule has 2 heteroatoms. The molecule has 0 bridgehead atoms. The number of amidine groups is 1. The van der Waals surface area contributed by atoms with Gasteiger partial charge in [-0.3, -0.25) is 5.41 Å². The van der Waals surface area contributed by atoms with Gasteiger partial charge in [0.2, 0.25) is 0 Å². The van der Waals surface area contributed by atoms with Crippen molar-refractivity contribution in [1.29, 1.82) is 5.41 Å². The minimum atomic E-state index is 0.854. The lowest BCUT2D eigenvalue weighted by Crippen LogP contribution is -2.34. The van der Waals surface area contributed by atoms with Gasteiger partial charge >= 0.3 is 0 Å². The van der Waals surface area contributed by atoms with E-state index in [-0.39, 0.29) is 0 Å². The Hall–Kier alpha value is -0.530. The summed E-state index contributed by atoms with van der Waals surface area (Å²) in [4.78, 5) is 2.23. The molecular weight excluding hydrogens is 136 g/mol. The minimum Gasteiger partial charge on any atom is -0.361 e. The Labute approximate surface area is 69.1 Å². The monoisotopic (exact) mass is 154 g/mol. The summed E-state index contributed by atoms with van der Waals surface area (Å²) in [6.07, 6.45) is 5.99. The molecule has 0 radical (unpaired) electrons. The Kier molecular flexibility index (Phi) is 3.40. The summed E-state index contributed by atoms with van der Waals surface area (Å²) in [6.45, 7) is 4.39. The normalized spacial score (nSPS) is 18.5. The third-order valence-corrected chi connectivity index (χ3v) is 2.22. The van der Waals surface area contributed by atoms with Gasteiger partial charge in [0, 0.05) is 19.5 Å². The van der Waals surface area contributed by atoms with E-state index in [2.05, 4.69) is 11.8 Å². The Morgan fingerprint density at radius 2 is 1.91 bits per heavy atom. The van der Waals surface area contributed by atoms with E-state index in [9.17, 15) is 0 Å². The van der Waals surface area contributed by atoms with Crippen molar-refractivity contribution in [3.8, 4) is 0 Å². The molecule has 0 aromatic carbocycles. The first kappa shape index (κ1) is 8.57. The molecule has 1 N–H and O–H groups in total. The average molecular weight is 154 g/mol. The Morgan fingerprint density at radius 1 is 1.27 bits per heavy atom. The third-order valence-electron chi connectivity index (χ3n) is 2.22. The molecule has 1 saturated heterocycles. The fraction of sp³-hybridized carbons (Fsp3) is 0.889. The van der Waals surface area contributed by atoms with Crippen molar-refractivity contribution in [3.05, 3.63) is 0 Å². The lowest BCUT2D eigenvalue weighted by Gasteiger charge is -2.28. The second kappa shape index (κ2) is 4.37. The molecule has 0 aromatic rings. The average Bonchev–Trinajstić information content (AvgIpc) is 2.07. The maximum absolute atomic E-state index is 7.71. The molecule has 64 valence electrons. The smallest absolute Gasteiger partial charge is 0.0957 e. The quantitative estimate of drug-likeness (QED) is 0.479. The van der Waals surface area contributed by atoms with Crippen molar-refractivity contribution < 1.29 is 0 Å². The molecule has 1 aliphatic rings. The molecule has 1 heterocycles. The van der Waals surface area contributed by atoms with E-state index in [0.29, 0.717) is 0 Å². The zero-order valence-corrected chi connectivity index (χ0v) is 7.40. The highest BCUT2D eigenvalue weighted by Crippen LogP contribution is 2.10. The molecule has 1 aliphatic heterocycles. The zero-order valence-electron chi connectivity index (χ0n) is 7.40. The van der Waals surface area contributed by atoms with Crippen LogP contribution in [0.1, 0.15) is 39.0 Å². The lowest BCUT2D eigenvalue weighted by molar-refractivity contribution is 0.334. The summed E-state index contributed by atoms with van der Waals surface area (Å²) in [6, 6.07) is 0. The van der Waals surface area contributed by atoms with Crippen LogP contribution in [0, 0.1) is 5.41 Å². The predicted molar refractivity (Wildman–Crippen MR) is 48.1 cm³/mol. The van der Waals surface area contributed by atoms with Crippen LogP contribution in [0.15, 0.2) is 0 Å². The van der Waals surface area contributed by atoms with Gasteiger partial charge in [-0.05, 0) is 25.7 Å². The number of nitrogens with one attached hydrogen (secondary N) is 1. The van der Waals surface area contributed by atoms with Gasteiger partial charge in [0.1, 0.15) is 0 Å². The SMILES string of the molecule is CCCC(=N)N1CCCCC1. The van der Waals surface area contributed by atoms with Gasteiger partial charge in [-0.15, -0.1) is 0 Å². The number of likely N-dealkylation sites (tertiary alicyclic amines) is 1. The fourth-order valence-corrected chi connectivity index (χ4v) is 1.56. The van der Waals surface area contributed by atoms with E-state index in [1.165, 1.54) is 19.3 Å². The summed E-state index contributed by atoms with van der Waals surface area (Å²) in [7, 11) is 0. The van der Waals surface area contributed by atoms with Gasteiger partial charge in [0.05, 0.1) is 5.84 Å². The standard InChI is InChI=1S/C9H18N2/c1-2-6-9(10)11-7-4-3-5-8-11/h10H,2-8H2,1H3. The van der Waals surface area contributed by atoms with E-state index in [0.717, 1.165) is 31.8 Å². The predicted octanol–water partition coefficient (Wildman–Crippen LogP) is 2.25. The Morgan fingerprint density at radius 3 is 2.45 bits per heavy atom. The summed E-state index contributed by atoms with van der Waals surface area (Å²) < 4.78 is 0. The maximum atomic E-state index is 7.71. The molecule has 0 atom stereocenters. The van der Waals surface area contributed by atoms with Crippen molar-refractivity contribution in [2.45, 2.75) is 39.0 Å². The molecule has 0 aromatic heterocycles. The number of piperidine rings is 1. The number of rotatable bonds is 2. The Bertz CT molecular complexity index is 126. The molecular formula is C9H18N2. The van der Waals surface area contributed by atoms with Crippen LogP contribution in [0.25, 0.3) is 0 Å². The highest BCUT2D eigenvalue weighted by molar-refractivity contribution is 5.79. The Balaban J connectivity index is 2.27. The van der Waals surface area contributed by atoms with Gasteiger partial charge in [-0.1, -0.05) is 6.92 Å². The second-order valence-corrected chi connectivity index (χ2v) is 3.24. The summed E-state index contributed by atoms with van der Waals surface area (Å²) >= 11 is 0. The van der Waals surface area contributed by atoms with Crippen LogP contribution in [-0.4, -0.2) is 23.8 Å². The molecule has 1 fully saturated rings. The minimum absolute atomic E-state index is 0.854. The van der Waals surface area contributed by atoms with E-state index in [1.807, 2.05) is 0 Å². The summed E-state index contributed by atoms with van der Waals surface area (Å²) in [5, 5.41) is 7.71. The van der Waals surface area contributed by atoms with Crippen LogP contribution < -0.4 is 0 Å². The van der Waals surface area contributed by atoms with E-state index in [4.69, 9.17) is 5.41 Å². The zero-order chi connectivity index (χ0) is 8.10. The molecule has 11 heavy (non-hydrogen) atoms. The molecule has 0 spiro atoms. The van der Waals surface area contributed by atoms with Crippen LogP contribution >= 0.6 is 0 Å². The highest BCUT2D eigenvalue weighted by atomic mass is 15.2. The van der Waals surface area contributed by atoms with Crippen molar-refractivity contribution in [1.82, 2.24) is 4.90 Å². The van der Waals surface area contributed by atoms with E-state index in [1.54, 1.807) is 0 Å². The van der Waals surface area contributed by atoms with Crippen LogP contribution in [0.3, 0.4) is 0 Å². The fourth-order valence-electron chi connectivity index (χ4n) is 1.56. The topological polar surface area (TPSA) is 27.1 Å². The molecule has 0 aliphatic carbocycles. The van der Waals surface area contributed by atoms with Crippen LogP contribution in [0.2, 0.25) is 0 Å². The lowest BCUT2D eigenvalue weighted by atomic mass is 10.1. The highest BCUT2D eigenvalue weighted by Gasteiger charge is 2.11. The first-order valence-corrected chi connectivity index (χ1v) is 4.67. The molecule has 2 nitrogen and oxygen atoms in total. The number of hydrogen-bond donors (Lipinski definition) is 1. The van der Waals surface area contributed by atoms with Crippen LogP contribution in [0.5, 0.6) is 0 Å². The molecule has 0 unspecified atom stereocenters. The van der Waals surface area contributed by atoms with Gasteiger partial charge in [0.15, 0.2) is 0 Å². The van der Waals surface area contributed by atoms with Gasteiger partial charge in [-0.2, -0.15) is 0 Å². The van der Waals surface area contributed by atoms with Gasteiger partial charge in [0.25, 0.3) is 0 Å². The van der Waals surface area contributed by atoms with Crippen molar-refractivity contribution in [3.63, 3.8) is 0 Å². The summed E-state index contributed by atoms with van der Waals surface area (Å²) in [5.74, 6) is 0.854. The first-order chi connectivity index (χ1) is 5.34. The van der Waals surface area contributed by atoms with Crippen LogP contribution in [0.4, 0.5) is 0 Å². The third kappa shape index (κ3) is 2.52. The first-order valence-electron chi connectivity index (χ1n) is 4.67. The van der Waals surface area contributed by atoms with Crippen LogP contribution in [-0.2, 0) is 0 Å². The number of nitrogens with zero attached hydrogens (tertiary/aromatic N) is 1. The van der Waals surface area contributed by atoms with Crippen molar-refractivity contribution in [2.75, 3.05) is 13.1 Å². The molecule has 1 rings (SSSR count). The van der Waals surface area contributed by atoms with E-state index >= 15 is 0 Å². The van der Waals surface area contributed by atoms with Gasteiger partial charge in [-0.25, -0.2) is 0 Å². The molecule has 0 saturated carbocycles.